The first-order valence-electron chi connectivity index (χ1n) is 6.08. The van der Waals surface area contributed by atoms with Gasteiger partial charge in [0.15, 0.2) is 0 Å². The van der Waals surface area contributed by atoms with Gasteiger partial charge >= 0.3 is 18.4 Å². The smallest absolute Gasteiger partial charge is 0.377 e. The Morgan fingerprint density at radius 3 is 1.68 bits per heavy atom. The Bertz CT molecular complexity index is 649. The molecule has 0 amide bonds. The van der Waals surface area contributed by atoms with E-state index in [1.54, 1.807) is 48.5 Å². The molecule has 112 valence electrons. The Labute approximate surface area is 126 Å². The summed E-state index contributed by atoms with van der Waals surface area (Å²) in [6, 6.07) is 16.2. The maximum absolute atomic E-state index is 10.8. The summed E-state index contributed by atoms with van der Waals surface area (Å²) in [5.41, 5.74) is 0.583. The van der Waals surface area contributed by atoms with E-state index in [4.69, 9.17) is 5.11 Å². The summed E-state index contributed by atoms with van der Waals surface area (Å²) in [5.74, 6) is -2.91. The number of carbonyl (C=O) groups excluding carboxylic acids is 3. The number of carboxylic acids is 1. The topological polar surface area (TPSA) is 97.7 Å². The molecule has 22 heavy (non-hydrogen) atoms. The van der Waals surface area contributed by atoms with Crippen LogP contribution in [-0.4, -0.2) is 29.3 Å². The van der Waals surface area contributed by atoms with Gasteiger partial charge in [0.05, 0.1) is 5.56 Å². The zero-order valence-electron chi connectivity index (χ0n) is 11.3. The third-order valence-corrected chi connectivity index (χ3v) is 2.39. The summed E-state index contributed by atoms with van der Waals surface area (Å²) < 4.78 is 4.11. The maximum atomic E-state index is 10.8. The largest absolute Gasteiger partial charge is 0.475 e. The standard InChI is InChI=1S/2C8H6O3/c9-6-11-8(10)7-4-2-1-3-5-7;9-7(8(10)11)6-4-2-1-3-5-6/h1-6H;1-5H,(H,10,11). The molecule has 1 N–H and O–H groups in total. The molecule has 2 aromatic carbocycles. The second-order valence-electron chi connectivity index (χ2n) is 3.87. The maximum Gasteiger partial charge on any atom is 0.377 e. The fourth-order valence-electron chi connectivity index (χ4n) is 1.40. The van der Waals surface area contributed by atoms with E-state index in [1.165, 1.54) is 12.1 Å². The Balaban J connectivity index is 0.000000220. The van der Waals surface area contributed by atoms with E-state index in [-0.39, 0.29) is 12.0 Å². The lowest BCUT2D eigenvalue weighted by atomic mass is 10.1. The zero-order valence-corrected chi connectivity index (χ0v) is 11.3. The number of esters is 1. The predicted octanol–water partition coefficient (Wildman–Crippen LogP) is 1.95. The number of ketones is 1. The van der Waals surface area contributed by atoms with Crippen LogP contribution in [0.1, 0.15) is 20.7 Å². The van der Waals surface area contributed by atoms with E-state index in [0.29, 0.717) is 5.56 Å². The summed E-state index contributed by atoms with van der Waals surface area (Å²) in [4.78, 5) is 41.4. The molecule has 0 aliphatic rings. The van der Waals surface area contributed by atoms with Crippen molar-refractivity contribution in [2.75, 3.05) is 0 Å². The third-order valence-electron chi connectivity index (χ3n) is 2.39. The van der Waals surface area contributed by atoms with Gasteiger partial charge in [0, 0.05) is 5.56 Å². The van der Waals surface area contributed by atoms with Crippen molar-refractivity contribution >= 4 is 24.2 Å². The van der Waals surface area contributed by atoms with Crippen molar-refractivity contribution in [1.82, 2.24) is 0 Å². The highest BCUT2D eigenvalue weighted by Crippen LogP contribution is 1.99. The van der Waals surface area contributed by atoms with E-state index < -0.39 is 17.7 Å². The van der Waals surface area contributed by atoms with Crippen molar-refractivity contribution in [1.29, 1.82) is 0 Å². The molecule has 6 heteroatoms. The Hall–Kier alpha value is -3.28. The average molecular weight is 300 g/mol. The van der Waals surface area contributed by atoms with E-state index in [9.17, 15) is 19.2 Å². The Kier molecular flexibility index (Phi) is 6.71. The molecule has 0 aliphatic carbocycles. The summed E-state index contributed by atoms with van der Waals surface area (Å²) in [6.45, 7) is 0.120. The number of carboxylic acid groups (broad SMARTS) is 1. The molecule has 0 heterocycles. The minimum Gasteiger partial charge on any atom is -0.475 e. The average Bonchev–Trinajstić information content (AvgIpc) is 2.56. The number of hydrogen-bond donors (Lipinski definition) is 1. The first-order valence-corrected chi connectivity index (χ1v) is 6.08. The molecule has 0 spiro atoms. The number of ether oxygens (including phenoxy) is 1. The number of rotatable bonds is 4. The molecule has 0 unspecified atom stereocenters. The van der Waals surface area contributed by atoms with Gasteiger partial charge in [0.25, 0.3) is 5.78 Å². The van der Waals surface area contributed by atoms with Gasteiger partial charge in [0.2, 0.25) is 0 Å². The van der Waals surface area contributed by atoms with Gasteiger partial charge < -0.3 is 9.84 Å². The van der Waals surface area contributed by atoms with E-state index in [2.05, 4.69) is 4.74 Å². The Morgan fingerprint density at radius 1 is 0.818 bits per heavy atom. The first-order chi connectivity index (χ1) is 10.6. The van der Waals surface area contributed by atoms with Crippen molar-refractivity contribution < 1.29 is 29.0 Å². The molecule has 0 saturated carbocycles. The van der Waals surface area contributed by atoms with Crippen molar-refractivity contribution in [2.24, 2.45) is 0 Å². The van der Waals surface area contributed by atoms with Crippen LogP contribution in [0, 0.1) is 0 Å². The fourth-order valence-corrected chi connectivity index (χ4v) is 1.40. The van der Waals surface area contributed by atoms with Gasteiger partial charge in [-0.15, -0.1) is 0 Å². The first kappa shape index (κ1) is 16.8. The zero-order chi connectivity index (χ0) is 16.4. The van der Waals surface area contributed by atoms with Gasteiger partial charge in [-0.2, -0.15) is 0 Å². The molecule has 2 aromatic rings. The van der Waals surface area contributed by atoms with E-state index >= 15 is 0 Å². The van der Waals surface area contributed by atoms with Crippen LogP contribution in [0.5, 0.6) is 0 Å². The Morgan fingerprint density at radius 2 is 1.27 bits per heavy atom. The summed E-state index contributed by atoms with van der Waals surface area (Å²) in [5, 5.41) is 8.29. The lowest BCUT2D eigenvalue weighted by molar-refractivity contribution is -0.131. The van der Waals surface area contributed by atoms with Gasteiger partial charge in [-0.25, -0.2) is 9.59 Å². The minimum atomic E-state index is -1.42. The number of hydrogen-bond acceptors (Lipinski definition) is 5. The molecule has 0 aromatic heterocycles. The lowest BCUT2D eigenvalue weighted by Crippen LogP contribution is -2.12. The number of aliphatic carboxylic acids is 1. The highest BCUT2D eigenvalue weighted by atomic mass is 16.6. The third kappa shape index (κ3) is 5.38. The quantitative estimate of drug-likeness (QED) is 0.305. The molecule has 0 radical (unpaired) electrons. The van der Waals surface area contributed by atoms with Crippen LogP contribution in [0.2, 0.25) is 0 Å². The molecular weight excluding hydrogens is 288 g/mol. The van der Waals surface area contributed by atoms with Gasteiger partial charge in [-0.1, -0.05) is 48.5 Å². The number of carbonyl (C=O) groups is 4. The summed E-state index contributed by atoms with van der Waals surface area (Å²) in [7, 11) is 0. The van der Waals surface area contributed by atoms with Crippen LogP contribution >= 0.6 is 0 Å². The van der Waals surface area contributed by atoms with E-state index in [0.717, 1.165) is 0 Å². The molecule has 0 aliphatic heterocycles. The van der Waals surface area contributed by atoms with Crippen LogP contribution in [-0.2, 0) is 14.3 Å². The fraction of sp³-hybridized carbons (Fsp3) is 0. The number of Topliss-reactive ketones (excluding diaryl/α,β-unsaturated/α-hetero) is 1. The monoisotopic (exact) mass is 300 g/mol. The van der Waals surface area contributed by atoms with Crippen molar-refractivity contribution in [3.63, 3.8) is 0 Å². The molecular formula is C16H12O6. The molecule has 2 rings (SSSR count). The van der Waals surface area contributed by atoms with Crippen LogP contribution in [0.4, 0.5) is 0 Å². The normalized spacial score (nSPS) is 8.91. The van der Waals surface area contributed by atoms with Gasteiger partial charge in [-0.05, 0) is 12.1 Å². The summed E-state index contributed by atoms with van der Waals surface area (Å²) >= 11 is 0. The second kappa shape index (κ2) is 8.80. The SMILES string of the molecule is O=C(O)C(=O)c1ccccc1.O=COC(=O)c1ccccc1. The molecule has 0 bridgehead atoms. The van der Waals surface area contributed by atoms with Crippen LogP contribution in [0.3, 0.4) is 0 Å². The van der Waals surface area contributed by atoms with Crippen molar-refractivity contribution in [3.05, 3.63) is 71.8 Å². The molecule has 6 nitrogen and oxygen atoms in total. The highest BCUT2D eigenvalue weighted by molar-refractivity contribution is 6.39. The van der Waals surface area contributed by atoms with Crippen LogP contribution in [0.15, 0.2) is 60.7 Å². The van der Waals surface area contributed by atoms with Crippen molar-refractivity contribution in [3.8, 4) is 0 Å². The predicted molar refractivity (Wildman–Crippen MR) is 76.3 cm³/mol. The second-order valence-corrected chi connectivity index (χ2v) is 3.87. The lowest BCUT2D eigenvalue weighted by Gasteiger charge is -1.94. The van der Waals surface area contributed by atoms with Crippen molar-refractivity contribution in [2.45, 2.75) is 0 Å². The minimum absolute atomic E-state index is 0.120. The van der Waals surface area contributed by atoms with Crippen LogP contribution < -0.4 is 0 Å². The van der Waals surface area contributed by atoms with E-state index in [1.807, 2.05) is 0 Å². The summed E-state index contributed by atoms with van der Waals surface area (Å²) in [6.07, 6.45) is 0. The molecule has 0 fully saturated rings. The molecule has 0 atom stereocenters. The number of benzene rings is 2. The molecule has 0 saturated heterocycles. The van der Waals surface area contributed by atoms with Gasteiger partial charge in [0.1, 0.15) is 0 Å². The van der Waals surface area contributed by atoms with Crippen LogP contribution in [0.25, 0.3) is 0 Å². The highest BCUT2D eigenvalue weighted by Gasteiger charge is 2.12. The van der Waals surface area contributed by atoms with Gasteiger partial charge in [-0.3, -0.25) is 9.59 Å².